The van der Waals surface area contributed by atoms with E-state index < -0.39 is 0 Å². The smallest absolute Gasteiger partial charge is 0.166 e. The van der Waals surface area contributed by atoms with Gasteiger partial charge in [-0.15, -0.1) is 0 Å². The third-order valence-electron chi connectivity index (χ3n) is 2.61. The van der Waals surface area contributed by atoms with Gasteiger partial charge in [-0.3, -0.25) is 4.79 Å². The zero-order valence-corrected chi connectivity index (χ0v) is 11.2. The van der Waals surface area contributed by atoms with Gasteiger partial charge in [-0.1, -0.05) is 53.5 Å². The van der Waals surface area contributed by atoms with E-state index in [1.54, 1.807) is 4.57 Å². The molecule has 0 aliphatic carbocycles. The van der Waals surface area contributed by atoms with Crippen molar-refractivity contribution in [3.63, 3.8) is 0 Å². The summed E-state index contributed by atoms with van der Waals surface area (Å²) in [5.74, 6) is 0.106. The lowest BCUT2D eigenvalue weighted by Gasteiger charge is -2.03. The molecule has 0 aliphatic heterocycles. The molecule has 3 nitrogen and oxygen atoms in total. The van der Waals surface area contributed by atoms with Gasteiger partial charge in [0.15, 0.2) is 10.9 Å². The van der Waals surface area contributed by atoms with Crippen LogP contribution >= 0.6 is 23.2 Å². The Kier molecular flexibility index (Phi) is 4.39. The summed E-state index contributed by atoms with van der Waals surface area (Å²) in [6, 6.07) is 9.90. The van der Waals surface area contributed by atoms with Crippen molar-refractivity contribution in [3.05, 3.63) is 52.5 Å². The molecule has 0 amide bonds. The van der Waals surface area contributed by atoms with Gasteiger partial charge < -0.3 is 4.57 Å². The van der Waals surface area contributed by atoms with Crippen molar-refractivity contribution >= 4 is 29.0 Å². The maximum Gasteiger partial charge on any atom is 0.166 e. The van der Waals surface area contributed by atoms with Crippen LogP contribution < -0.4 is 0 Å². The standard InChI is InChI=1S/C13H12Cl2N2O/c14-12-13(15)17(9-16-12)8-11(18)7-6-10-4-2-1-3-5-10/h1-5,9H,6-8H2. The van der Waals surface area contributed by atoms with Crippen molar-refractivity contribution in [1.29, 1.82) is 0 Å². The van der Waals surface area contributed by atoms with E-state index in [0.717, 1.165) is 12.0 Å². The van der Waals surface area contributed by atoms with Gasteiger partial charge in [0.2, 0.25) is 0 Å². The molecule has 18 heavy (non-hydrogen) atoms. The Bertz CT molecular complexity index is 537. The number of rotatable bonds is 5. The lowest BCUT2D eigenvalue weighted by molar-refractivity contribution is -0.119. The van der Waals surface area contributed by atoms with E-state index in [2.05, 4.69) is 4.98 Å². The molecule has 0 saturated carbocycles. The molecule has 2 rings (SSSR count). The zero-order valence-electron chi connectivity index (χ0n) is 9.64. The molecule has 0 fully saturated rings. The van der Waals surface area contributed by atoms with E-state index in [-0.39, 0.29) is 17.5 Å². The lowest BCUT2D eigenvalue weighted by Crippen LogP contribution is -2.10. The molecule has 0 unspecified atom stereocenters. The van der Waals surface area contributed by atoms with Crippen LogP contribution in [0.2, 0.25) is 10.3 Å². The van der Waals surface area contributed by atoms with Crippen molar-refractivity contribution < 1.29 is 4.79 Å². The fourth-order valence-electron chi connectivity index (χ4n) is 1.65. The number of carbonyl (C=O) groups excluding carboxylic acids is 1. The summed E-state index contributed by atoms with van der Waals surface area (Å²) < 4.78 is 1.55. The predicted octanol–water partition coefficient (Wildman–Crippen LogP) is 3.39. The summed E-state index contributed by atoms with van der Waals surface area (Å²) in [7, 11) is 0. The molecule has 94 valence electrons. The minimum absolute atomic E-state index is 0.106. The van der Waals surface area contributed by atoms with E-state index in [4.69, 9.17) is 23.2 Å². The summed E-state index contributed by atoms with van der Waals surface area (Å²) in [4.78, 5) is 15.6. The Balaban J connectivity index is 1.88. The first-order valence-electron chi connectivity index (χ1n) is 5.58. The van der Waals surface area contributed by atoms with E-state index in [0.29, 0.717) is 11.6 Å². The van der Waals surface area contributed by atoms with Crippen molar-refractivity contribution in [2.75, 3.05) is 0 Å². The van der Waals surface area contributed by atoms with Gasteiger partial charge in [0.05, 0.1) is 12.9 Å². The van der Waals surface area contributed by atoms with Gasteiger partial charge in [0.25, 0.3) is 0 Å². The fourth-order valence-corrected chi connectivity index (χ4v) is 1.95. The molecule has 0 radical (unpaired) electrons. The van der Waals surface area contributed by atoms with Gasteiger partial charge in [-0.25, -0.2) is 4.98 Å². The predicted molar refractivity (Wildman–Crippen MR) is 72.0 cm³/mol. The average Bonchev–Trinajstić information content (AvgIpc) is 2.70. The number of benzene rings is 1. The number of aromatic nitrogens is 2. The second kappa shape index (κ2) is 6.03. The molecular formula is C13H12Cl2N2O. The number of hydrogen-bond acceptors (Lipinski definition) is 2. The summed E-state index contributed by atoms with van der Waals surface area (Å²) in [6.45, 7) is 0.214. The quantitative estimate of drug-likeness (QED) is 0.843. The Morgan fingerprint density at radius 1 is 1.22 bits per heavy atom. The van der Waals surface area contributed by atoms with Crippen LogP contribution in [0.5, 0.6) is 0 Å². The number of halogens is 2. The first-order valence-corrected chi connectivity index (χ1v) is 6.34. The molecule has 0 saturated heterocycles. The van der Waals surface area contributed by atoms with Crippen molar-refractivity contribution in [2.24, 2.45) is 0 Å². The first-order chi connectivity index (χ1) is 8.66. The summed E-state index contributed by atoms with van der Waals surface area (Å²) in [5.41, 5.74) is 1.15. The third kappa shape index (κ3) is 3.34. The molecular weight excluding hydrogens is 271 g/mol. The van der Waals surface area contributed by atoms with E-state index in [1.165, 1.54) is 6.33 Å². The monoisotopic (exact) mass is 282 g/mol. The number of ketones is 1. The summed E-state index contributed by atoms with van der Waals surface area (Å²) >= 11 is 11.6. The molecule has 0 N–H and O–H groups in total. The number of aryl methyl sites for hydroxylation is 1. The normalized spacial score (nSPS) is 10.6. The molecule has 1 aromatic heterocycles. The van der Waals surface area contributed by atoms with Crippen molar-refractivity contribution in [2.45, 2.75) is 19.4 Å². The highest BCUT2D eigenvalue weighted by Gasteiger charge is 2.09. The van der Waals surface area contributed by atoms with Crippen LogP contribution in [0, 0.1) is 0 Å². The van der Waals surface area contributed by atoms with Gasteiger partial charge in [0, 0.05) is 6.42 Å². The molecule has 0 aliphatic rings. The lowest BCUT2D eigenvalue weighted by atomic mass is 10.1. The molecule has 1 heterocycles. The molecule has 0 bridgehead atoms. The Hall–Kier alpha value is -1.32. The van der Waals surface area contributed by atoms with Gasteiger partial charge in [-0.05, 0) is 12.0 Å². The number of carbonyl (C=O) groups is 1. The summed E-state index contributed by atoms with van der Waals surface area (Å²) in [6.07, 6.45) is 2.70. The van der Waals surface area contributed by atoms with Gasteiger partial charge >= 0.3 is 0 Å². The van der Waals surface area contributed by atoms with Crippen LogP contribution in [0.4, 0.5) is 0 Å². The highest BCUT2D eigenvalue weighted by atomic mass is 35.5. The number of Topliss-reactive ketones (excluding diaryl/α,β-unsaturated/α-hetero) is 1. The highest BCUT2D eigenvalue weighted by molar-refractivity contribution is 6.40. The Morgan fingerprint density at radius 2 is 1.94 bits per heavy atom. The molecule has 0 spiro atoms. The Morgan fingerprint density at radius 3 is 2.56 bits per heavy atom. The average molecular weight is 283 g/mol. The van der Waals surface area contributed by atoms with E-state index >= 15 is 0 Å². The van der Waals surface area contributed by atoms with Crippen LogP contribution in [0.25, 0.3) is 0 Å². The number of nitrogens with zero attached hydrogens (tertiary/aromatic N) is 2. The first kappa shape index (κ1) is 13.1. The van der Waals surface area contributed by atoms with Crippen LogP contribution in [-0.4, -0.2) is 15.3 Å². The molecule has 1 aromatic carbocycles. The molecule has 0 atom stereocenters. The Labute approximate surface area is 115 Å². The topological polar surface area (TPSA) is 34.9 Å². The van der Waals surface area contributed by atoms with E-state index in [9.17, 15) is 4.79 Å². The second-order valence-corrected chi connectivity index (χ2v) is 4.69. The maximum atomic E-state index is 11.8. The minimum Gasteiger partial charge on any atom is -0.313 e. The molecule has 5 heteroatoms. The highest BCUT2D eigenvalue weighted by Crippen LogP contribution is 2.19. The number of imidazole rings is 1. The minimum atomic E-state index is 0.106. The van der Waals surface area contributed by atoms with Crippen LogP contribution in [0.1, 0.15) is 12.0 Å². The second-order valence-electron chi connectivity index (χ2n) is 3.98. The maximum absolute atomic E-state index is 11.8. The largest absolute Gasteiger partial charge is 0.313 e. The van der Waals surface area contributed by atoms with Crippen molar-refractivity contribution in [3.8, 4) is 0 Å². The third-order valence-corrected chi connectivity index (χ3v) is 3.38. The van der Waals surface area contributed by atoms with E-state index in [1.807, 2.05) is 30.3 Å². The van der Waals surface area contributed by atoms with Gasteiger partial charge in [-0.2, -0.15) is 0 Å². The number of hydrogen-bond donors (Lipinski definition) is 0. The van der Waals surface area contributed by atoms with Crippen molar-refractivity contribution in [1.82, 2.24) is 9.55 Å². The SMILES string of the molecule is O=C(CCc1ccccc1)Cn1cnc(Cl)c1Cl. The zero-order chi connectivity index (χ0) is 13.0. The van der Waals surface area contributed by atoms with Crippen LogP contribution in [0.3, 0.4) is 0 Å². The fraction of sp³-hybridized carbons (Fsp3) is 0.231. The molecule has 2 aromatic rings. The van der Waals surface area contributed by atoms with Crippen LogP contribution in [-0.2, 0) is 17.8 Å². The van der Waals surface area contributed by atoms with Gasteiger partial charge in [0.1, 0.15) is 5.15 Å². The van der Waals surface area contributed by atoms with Crippen LogP contribution in [0.15, 0.2) is 36.7 Å². The summed E-state index contributed by atoms with van der Waals surface area (Å²) in [5, 5.41) is 0.539.